The number of nitriles is 1. The third-order valence-electron chi connectivity index (χ3n) is 4.42. The van der Waals surface area contributed by atoms with E-state index in [1.165, 1.54) is 0 Å². The quantitative estimate of drug-likeness (QED) is 0.488. The molecule has 0 atom stereocenters. The first-order chi connectivity index (χ1) is 11.6. The average Bonchev–Trinajstić information content (AvgIpc) is 2.97. The molecule has 0 aliphatic heterocycles. The van der Waals surface area contributed by atoms with Crippen LogP contribution in [0.4, 0.5) is 4.39 Å². The van der Waals surface area contributed by atoms with Gasteiger partial charge in [-0.15, -0.1) is 0 Å². The van der Waals surface area contributed by atoms with E-state index in [4.69, 9.17) is 4.42 Å². The van der Waals surface area contributed by atoms with Crippen molar-refractivity contribution in [1.82, 2.24) is 0 Å². The van der Waals surface area contributed by atoms with Crippen LogP contribution in [0.1, 0.15) is 11.1 Å². The van der Waals surface area contributed by atoms with Gasteiger partial charge in [-0.2, -0.15) is 5.26 Å². The molecule has 0 fully saturated rings. The van der Waals surface area contributed by atoms with E-state index in [0.29, 0.717) is 33.1 Å². The summed E-state index contributed by atoms with van der Waals surface area (Å²) in [5.41, 5.74) is 3.62. The van der Waals surface area contributed by atoms with Crippen molar-refractivity contribution in [3.8, 4) is 17.3 Å². The zero-order valence-electron chi connectivity index (χ0n) is 13.3. The number of furan rings is 1. The average molecular weight is 317 g/mol. The fraction of sp³-hybridized carbons (Fsp3) is 0.100. The van der Waals surface area contributed by atoms with Crippen LogP contribution in [0.3, 0.4) is 0 Å². The first-order valence-corrected chi connectivity index (χ1v) is 7.61. The molecule has 0 amide bonds. The summed E-state index contributed by atoms with van der Waals surface area (Å²) in [6.45, 7) is 1.75. The first-order valence-electron chi connectivity index (χ1n) is 7.61. The number of rotatable bonds is 1. The second-order valence-corrected chi connectivity index (χ2v) is 5.83. The highest BCUT2D eigenvalue weighted by atomic mass is 19.1. The number of pyridine rings is 1. The van der Waals surface area contributed by atoms with Gasteiger partial charge in [-0.25, -0.2) is 8.96 Å². The summed E-state index contributed by atoms with van der Waals surface area (Å²) in [7, 11) is 1.92. The molecule has 2 aromatic heterocycles. The smallest absolute Gasteiger partial charge is 0.212 e. The van der Waals surface area contributed by atoms with Crippen LogP contribution in [-0.2, 0) is 7.05 Å². The number of benzene rings is 2. The Kier molecular flexibility index (Phi) is 3.10. The number of hydrogen-bond donors (Lipinski definition) is 0. The fourth-order valence-electron chi connectivity index (χ4n) is 3.19. The number of fused-ring (bicyclic) bond motifs is 3. The number of aromatic nitrogens is 1. The summed E-state index contributed by atoms with van der Waals surface area (Å²) in [6, 6.07) is 14.9. The lowest BCUT2D eigenvalue weighted by Gasteiger charge is -2.06. The number of aryl methyl sites for hydroxylation is 1. The van der Waals surface area contributed by atoms with Crippen molar-refractivity contribution in [2.75, 3.05) is 0 Å². The Morgan fingerprint density at radius 3 is 2.67 bits per heavy atom. The minimum Gasteiger partial charge on any atom is -0.456 e. The summed E-state index contributed by atoms with van der Waals surface area (Å²) < 4.78 is 23.0. The zero-order chi connectivity index (χ0) is 16.8. The summed E-state index contributed by atoms with van der Waals surface area (Å²) in [6.07, 6.45) is 1.92. The van der Waals surface area contributed by atoms with Crippen molar-refractivity contribution in [2.45, 2.75) is 6.92 Å². The van der Waals surface area contributed by atoms with E-state index >= 15 is 4.39 Å². The van der Waals surface area contributed by atoms with Crippen LogP contribution < -0.4 is 4.57 Å². The maximum absolute atomic E-state index is 15.2. The lowest BCUT2D eigenvalue weighted by atomic mass is 9.99. The van der Waals surface area contributed by atoms with Gasteiger partial charge in [0.15, 0.2) is 6.20 Å². The second-order valence-electron chi connectivity index (χ2n) is 5.83. The molecule has 2 heterocycles. The SMILES string of the molecule is Cc1c(-c2cccc[n+]2C)cc2oc3cccc(C#N)c3c2c1F. The molecule has 4 rings (SSSR count). The Labute approximate surface area is 138 Å². The van der Waals surface area contributed by atoms with Crippen LogP contribution in [0.2, 0.25) is 0 Å². The molecule has 0 unspecified atom stereocenters. The fourth-order valence-corrected chi connectivity index (χ4v) is 3.19. The van der Waals surface area contributed by atoms with Gasteiger partial charge < -0.3 is 4.42 Å². The van der Waals surface area contributed by atoms with E-state index in [9.17, 15) is 5.26 Å². The van der Waals surface area contributed by atoms with Gasteiger partial charge in [0.25, 0.3) is 0 Å². The van der Waals surface area contributed by atoms with E-state index in [2.05, 4.69) is 6.07 Å². The van der Waals surface area contributed by atoms with Gasteiger partial charge >= 0.3 is 0 Å². The van der Waals surface area contributed by atoms with Crippen LogP contribution in [0, 0.1) is 24.1 Å². The normalized spacial score (nSPS) is 11.1. The standard InChI is InChI=1S/C20H14FN2O/c1-12-14(15-7-3-4-9-23(15)2)10-17-19(20(12)21)18-13(11-22)6-5-8-16(18)24-17/h3-10H,1-2H3/q+1. The molecule has 0 aliphatic rings. The molecule has 24 heavy (non-hydrogen) atoms. The van der Waals surface area contributed by atoms with Crippen molar-refractivity contribution >= 4 is 21.9 Å². The minimum atomic E-state index is -0.340. The van der Waals surface area contributed by atoms with E-state index in [1.54, 1.807) is 25.1 Å². The van der Waals surface area contributed by atoms with E-state index < -0.39 is 0 Å². The predicted octanol–water partition coefficient (Wildman–Crippen LogP) is 4.40. The Morgan fingerprint density at radius 1 is 1.08 bits per heavy atom. The van der Waals surface area contributed by atoms with Gasteiger partial charge in [-0.05, 0) is 36.8 Å². The Hall–Kier alpha value is -3.19. The Morgan fingerprint density at radius 2 is 1.92 bits per heavy atom. The minimum absolute atomic E-state index is 0.340. The maximum Gasteiger partial charge on any atom is 0.212 e. The molecular formula is C20H14FN2O+. The van der Waals surface area contributed by atoms with Crippen LogP contribution in [0.15, 0.2) is 53.1 Å². The van der Waals surface area contributed by atoms with Crippen molar-refractivity contribution in [2.24, 2.45) is 7.05 Å². The zero-order valence-corrected chi connectivity index (χ0v) is 13.3. The van der Waals surface area contributed by atoms with Gasteiger partial charge in [-0.1, -0.05) is 6.07 Å². The van der Waals surface area contributed by atoms with E-state index in [1.807, 2.05) is 42.1 Å². The van der Waals surface area contributed by atoms with Gasteiger partial charge in [0.1, 0.15) is 24.0 Å². The molecule has 0 saturated heterocycles. The maximum atomic E-state index is 15.2. The van der Waals surface area contributed by atoms with Crippen molar-refractivity contribution in [3.05, 3.63) is 65.6 Å². The highest BCUT2D eigenvalue weighted by Crippen LogP contribution is 2.37. The second kappa shape index (κ2) is 5.17. The summed E-state index contributed by atoms with van der Waals surface area (Å²) >= 11 is 0. The summed E-state index contributed by atoms with van der Waals surface area (Å²) in [5.74, 6) is -0.340. The monoisotopic (exact) mass is 317 g/mol. The molecule has 4 heteroatoms. The van der Waals surface area contributed by atoms with Crippen LogP contribution in [-0.4, -0.2) is 0 Å². The first kappa shape index (κ1) is 14.4. The van der Waals surface area contributed by atoms with Crippen LogP contribution >= 0.6 is 0 Å². The Bertz CT molecular complexity index is 1150. The lowest BCUT2D eigenvalue weighted by Crippen LogP contribution is -2.30. The molecule has 0 saturated carbocycles. The summed E-state index contributed by atoms with van der Waals surface area (Å²) in [5, 5.41) is 10.2. The molecule has 4 aromatic rings. The van der Waals surface area contributed by atoms with Crippen molar-refractivity contribution in [3.63, 3.8) is 0 Å². The molecular weight excluding hydrogens is 303 g/mol. The highest BCUT2D eigenvalue weighted by molar-refractivity contribution is 6.09. The van der Waals surface area contributed by atoms with Gasteiger partial charge in [0.2, 0.25) is 5.69 Å². The molecule has 3 nitrogen and oxygen atoms in total. The lowest BCUT2D eigenvalue weighted by molar-refractivity contribution is -0.660. The molecule has 0 radical (unpaired) electrons. The molecule has 0 N–H and O–H groups in total. The molecule has 2 aromatic carbocycles. The summed E-state index contributed by atoms with van der Waals surface area (Å²) in [4.78, 5) is 0. The van der Waals surface area contributed by atoms with Crippen molar-refractivity contribution in [1.29, 1.82) is 5.26 Å². The van der Waals surface area contributed by atoms with Gasteiger partial charge in [0.05, 0.1) is 22.6 Å². The highest BCUT2D eigenvalue weighted by Gasteiger charge is 2.22. The third kappa shape index (κ3) is 1.92. The van der Waals surface area contributed by atoms with Crippen LogP contribution in [0.25, 0.3) is 33.2 Å². The number of nitrogens with zero attached hydrogens (tertiary/aromatic N) is 2. The van der Waals surface area contributed by atoms with Gasteiger partial charge in [0, 0.05) is 17.5 Å². The van der Waals surface area contributed by atoms with E-state index in [-0.39, 0.29) is 5.82 Å². The van der Waals surface area contributed by atoms with Gasteiger partial charge in [-0.3, -0.25) is 0 Å². The topological polar surface area (TPSA) is 40.8 Å². The largest absolute Gasteiger partial charge is 0.456 e. The number of hydrogen-bond acceptors (Lipinski definition) is 2. The van der Waals surface area contributed by atoms with Crippen molar-refractivity contribution < 1.29 is 13.4 Å². The Balaban J connectivity index is 2.15. The third-order valence-corrected chi connectivity index (χ3v) is 4.42. The molecule has 116 valence electrons. The van der Waals surface area contributed by atoms with Crippen LogP contribution in [0.5, 0.6) is 0 Å². The predicted molar refractivity (Wildman–Crippen MR) is 89.7 cm³/mol. The molecule has 0 bridgehead atoms. The molecule has 0 spiro atoms. The molecule has 0 aliphatic carbocycles. The van der Waals surface area contributed by atoms with E-state index in [0.717, 1.165) is 11.3 Å². The number of halogens is 1.